The molecule has 0 fully saturated rings. The van der Waals surface area contributed by atoms with Crippen LogP contribution in [0.3, 0.4) is 0 Å². The molecular weight excluding hydrogens is 356 g/mol. The van der Waals surface area contributed by atoms with Gasteiger partial charge in [-0.15, -0.1) is 0 Å². The van der Waals surface area contributed by atoms with E-state index in [0.29, 0.717) is 6.42 Å². The predicted octanol–water partition coefficient (Wildman–Crippen LogP) is 5.28. The van der Waals surface area contributed by atoms with Gasteiger partial charge in [0.2, 0.25) is 0 Å². The molecule has 1 atom stereocenters. The van der Waals surface area contributed by atoms with Crippen LogP contribution in [0.2, 0.25) is 0 Å². The highest BCUT2D eigenvalue weighted by Crippen LogP contribution is 2.35. The van der Waals surface area contributed by atoms with Gasteiger partial charge in [0.25, 0.3) is 5.91 Å². The van der Waals surface area contributed by atoms with Crippen LogP contribution in [0.4, 0.5) is 5.69 Å². The number of benzodiazepines with no additional fused rings is 1. The predicted molar refractivity (Wildman–Crippen MR) is 120 cm³/mol. The first-order valence-corrected chi connectivity index (χ1v) is 10.1. The van der Waals surface area contributed by atoms with E-state index in [1.807, 2.05) is 66.4 Å². The highest BCUT2D eigenvalue weighted by atomic mass is 16.2. The van der Waals surface area contributed by atoms with Gasteiger partial charge in [-0.05, 0) is 32.4 Å². The minimum absolute atomic E-state index is 0.0315. The summed E-state index contributed by atoms with van der Waals surface area (Å²) in [5.74, 6) is 0.0368. The number of anilines is 1. The second kappa shape index (κ2) is 7.67. The molecule has 29 heavy (non-hydrogen) atoms. The molecule has 0 saturated carbocycles. The lowest BCUT2D eigenvalue weighted by molar-refractivity contribution is -0.123. The molecule has 0 aromatic heterocycles. The largest absolute Gasteiger partial charge is 0.307 e. The Labute approximate surface area is 172 Å². The molecule has 1 amide bonds. The number of benzene rings is 3. The van der Waals surface area contributed by atoms with Crippen molar-refractivity contribution in [3.05, 3.63) is 102 Å². The Balaban J connectivity index is 1.95. The van der Waals surface area contributed by atoms with Gasteiger partial charge in [0.05, 0.1) is 11.4 Å². The van der Waals surface area contributed by atoms with Crippen LogP contribution in [0.15, 0.2) is 89.9 Å². The Kier molecular flexibility index (Phi) is 5.06. The number of rotatable bonds is 4. The quantitative estimate of drug-likeness (QED) is 0.604. The summed E-state index contributed by atoms with van der Waals surface area (Å²) >= 11 is 0. The molecule has 3 aromatic rings. The van der Waals surface area contributed by atoms with Crippen molar-refractivity contribution in [1.29, 1.82) is 0 Å². The number of amides is 1. The Bertz CT molecular complexity index is 1040. The maximum Gasteiger partial charge on any atom is 0.255 e. The molecule has 1 heterocycles. The van der Waals surface area contributed by atoms with E-state index < -0.39 is 5.54 Å². The van der Waals surface area contributed by atoms with Gasteiger partial charge in [-0.1, -0.05) is 78.9 Å². The Morgan fingerprint density at radius 2 is 1.45 bits per heavy atom. The molecule has 0 unspecified atom stereocenters. The Hall–Kier alpha value is -3.20. The van der Waals surface area contributed by atoms with Crippen LogP contribution in [-0.4, -0.2) is 23.2 Å². The van der Waals surface area contributed by atoms with Gasteiger partial charge in [0.1, 0.15) is 5.54 Å². The number of nitrogens with zero attached hydrogens (tertiary/aromatic N) is 2. The SMILES string of the molecule is CC(C)N1C(=O)[C@@](C)(Cc2ccccc2)N=C(c2ccccc2)c2ccccc21. The van der Waals surface area contributed by atoms with E-state index in [1.54, 1.807) is 0 Å². The van der Waals surface area contributed by atoms with Gasteiger partial charge in [0, 0.05) is 23.6 Å². The van der Waals surface area contributed by atoms with Crippen LogP contribution < -0.4 is 4.90 Å². The van der Waals surface area contributed by atoms with Crippen molar-refractivity contribution in [2.24, 2.45) is 4.99 Å². The number of hydrogen-bond acceptors (Lipinski definition) is 2. The summed E-state index contributed by atoms with van der Waals surface area (Å²) in [5.41, 5.74) is 4.03. The normalized spacial score (nSPS) is 19.0. The molecule has 1 aliphatic rings. The van der Waals surface area contributed by atoms with Gasteiger partial charge in [0.15, 0.2) is 0 Å². The Morgan fingerprint density at radius 3 is 2.10 bits per heavy atom. The van der Waals surface area contributed by atoms with Gasteiger partial charge in [-0.3, -0.25) is 9.79 Å². The van der Waals surface area contributed by atoms with E-state index in [4.69, 9.17) is 4.99 Å². The molecule has 0 radical (unpaired) electrons. The molecule has 146 valence electrons. The average Bonchev–Trinajstić information content (AvgIpc) is 2.83. The number of hydrogen-bond donors (Lipinski definition) is 0. The van der Waals surface area contributed by atoms with Crippen molar-refractivity contribution in [1.82, 2.24) is 0 Å². The van der Waals surface area contributed by atoms with Gasteiger partial charge >= 0.3 is 0 Å². The number of fused-ring (bicyclic) bond motifs is 1. The fourth-order valence-corrected chi connectivity index (χ4v) is 4.04. The molecule has 0 saturated heterocycles. The van der Waals surface area contributed by atoms with Crippen LogP contribution in [0, 0.1) is 0 Å². The molecule has 0 spiro atoms. The van der Waals surface area contributed by atoms with Crippen LogP contribution in [0.1, 0.15) is 37.5 Å². The van der Waals surface area contributed by atoms with Crippen LogP contribution >= 0.6 is 0 Å². The highest BCUT2D eigenvalue weighted by Gasteiger charge is 2.42. The van der Waals surface area contributed by atoms with E-state index in [0.717, 1.165) is 28.1 Å². The van der Waals surface area contributed by atoms with Crippen LogP contribution in [0.25, 0.3) is 0 Å². The number of aliphatic imine (C=N–C) groups is 1. The van der Waals surface area contributed by atoms with Crippen molar-refractivity contribution in [2.45, 2.75) is 38.8 Å². The summed E-state index contributed by atoms with van der Waals surface area (Å²) in [6.45, 7) is 6.09. The second-order valence-corrected chi connectivity index (χ2v) is 8.05. The van der Waals surface area contributed by atoms with Crippen molar-refractivity contribution >= 4 is 17.3 Å². The van der Waals surface area contributed by atoms with Gasteiger partial charge < -0.3 is 4.90 Å². The standard InChI is InChI=1S/C26H26N2O/c1-19(2)28-23-17-11-10-16-22(23)24(21-14-8-5-9-15-21)27-26(3,25(28)29)18-20-12-6-4-7-13-20/h4-17,19H,18H2,1-3H3/t26-/m1/s1. The molecule has 1 aliphatic heterocycles. The van der Waals surface area contributed by atoms with E-state index in [1.165, 1.54) is 0 Å². The second-order valence-electron chi connectivity index (χ2n) is 8.05. The van der Waals surface area contributed by atoms with E-state index in [2.05, 4.69) is 44.2 Å². The van der Waals surface area contributed by atoms with Crippen molar-refractivity contribution in [2.75, 3.05) is 4.90 Å². The van der Waals surface area contributed by atoms with E-state index >= 15 is 0 Å². The summed E-state index contributed by atoms with van der Waals surface area (Å²) in [6.07, 6.45) is 0.556. The van der Waals surface area contributed by atoms with Crippen molar-refractivity contribution in [3.63, 3.8) is 0 Å². The van der Waals surface area contributed by atoms with Gasteiger partial charge in [-0.2, -0.15) is 0 Å². The minimum Gasteiger partial charge on any atom is -0.307 e. The average molecular weight is 383 g/mol. The molecule has 3 heteroatoms. The summed E-state index contributed by atoms with van der Waals surface area (Å²) in [6, 6.07) is 28.4. The lowest BCUT2D eigenvalue weighted by atomic mass is 9.91. The summed E-state index contributed by atoms with van der Waals surface area (Å²) in [4.78, 5) is 20.9. The number of para-hydroxylation sites is 1. The molecule has 4 rings (SSSR count). The lowest BCUT2D eigenvalue weighted by Gasteiger charge is -2.33. The fraction of sp³-hybridized carbons (Fsp3) is 0.231. The van der Waals surface area contributed by atoms with Crippen molar-refractivity contribution < 1.29 is 4.79 Å². The molecule has 3 aromatic carbocycles. The monoisotopic (exact) mass is 382 g/mol. The maximum absolute atomic E-state index is 13.9. The minimum atomic E-state index is -0.893. The first kappa shape index (κ1) is 19.1. The molecule has 0 N–H and O–H groups in total. The summed E-state index contributed by atoms with van der Waals surface area (Å²) < 4.78 is 0. The zero-order valence-corrected chi connectivity index (χ0v) is 17.2. The lowest BCUT2D eigenvalue weighted by Crippen LogP contribution is -2.49. The summed E-state index contributed by atoms with van der Waals surface area (Å²) in [5, 5.41) is 0. The first-order valence-electron chi connectivity index (χ1n) is 10.1. The first-order chi connectivity index (χ1) is 14.0. The smallest absolute Gasteiger partial charge is 0.255 e. The summed E-state index contributed by atoms with van der Waals surface area (Å²) in [7, 11) is 0. The van der Waals surface area contributed by atoms with Gasteiger partial charge in [-0.25, -0.2) is 0 Å². The third-order valence-corrected chi connectivity index (χ3v) is 5.41. The number of carbonyl (C=O) groups is 1. The third-order valence-electron chi connectivity index (χ3n) is 5.41. The zero-order chi connectivity index (χ0) is 20.4. The van der Waals surface area contributed by atoms with E-state index in [-0.39, 0.29) is 11.9 Å². The number of carbonyl (C=O) groups excluding carboxylic acids is 1. The van der Waals surface area contributed by atoms with Crippen LogP contribution in [0.5, 0.6) is 0 Å². The molecule has 0 bridgehead atoms. The van der Waals surface area contributed by atoms with Crippen molar-refractivity contribution in [3.8, 4) is 0 Å². The maximum atomic E-state index is 13.9. The molecular formula is C26H26N2O. The van der Waals surface area contributed by atoms with E-state index in [9.17, 15) is 4.79 Å². The topological polar surface area (TPSA) is 32.7 Å². The molecule has 0 aliphatic carbocycles. The third kappa shape index (κ3) is 3.61. The highest BCUT2D eigenvalue weighted by molar-refractivity contribution is 6.21. The molecule has 3 nitrogen and oxygen atoms in total. The zero-order valence-electron chi connectivity index (χ0n) is 17.2. The Morgan fingerprint density at radius 1 is 0.862 bits per heavy atom. The van der Waals surface area contributed by atoms with Crippen LogP contribution in [-0.2, 0) is 11.2 Å². The fourth-order valence-electron chi connectivity index (χ4n) is 4.04.